The summed E-state index contributed by atoms with van der Waals surface area (Å²) >= 11 is 0. The van der Waals surface area contributed by atoms with Gasteiger partial charge in [0.05, 0.1) is 31.5 Å². The van der Waals surface area contributed by atoms with E-state index in [1.807, 2.05) is 0 Å². The van der Waals surface area contributed by atoms with Crippen molar-refractivity contribution in [1.82, 2.24) is 15.0 Å². The molecule has 3 aromatic rings. The lowest BCUT2D eigenvalue weighted by atomic mass is 10.1. The van der Waals surface area contributed by atoms with E-state index in [0.717, 1.165) is 25.7 Å². The van der Waals surface area contributed by atoms with Crippen molar-refractivity contribution in [2.75, 3.05) is 46.8 Å². The molecule has 0 aliphatic carbocycles. The zero-order chi connectivity index (χ0) is 30.3. The highest BCUT2D eigenvalue weighted by molar-refractivity contribution is 5.70. The molecule has 0 radical (unpaired) electrons. The first-order valence-electron chi connectivity index (χ1n) is 14.1. The number of unbranched alkanes of at least 4 members (excludes halogenated alkanes) is 2. The van der Waals surface area contributed by atoms with Crippen LogP contribution in [0.4, 0.5) is 0 Å². The van der Waals surface area contributed by atoms with Crippen molar-refractivity contribution in [3.05, 3.63) is 36.4 Å². The van der Waals surface area contributed by atoms with Crippen molar-refractivity contribution in [2.45, 2.75) is 51.7 Å². The molecule has 0 fully saturated rings. The van der Waals surface area contributed by atoms with Crippen LogP contribution in [0.2, 0.25) is 0 Å². The van der Waals surface area contributed by atoms with Gasteiger partial charge in [0.25, 0.3) is 0 Å². The number of aromatic nitrogens is 3. The number of aromatic hydroxyl groups is 2. The average molecular weight is 588 g/mol. The predicted octanol–water partition coefficient (Wildman–Crippen LogP) is 3.74. The Morgan fingerprint density at radius 3 is 1.50 bits per heavy atom. The van der Waals surface area contributed by atoms with Crippen LogP contribution in [0.3, 0.4) is 0 Å². The third-order valence-electron chi connectivity index (χ3n) is 6.01. The number of ether oxygens (including phenoxy) is 5. The fourth-order valence-electron chi connectivity index (χ4n) is 3.68. The summed E-state index contributed by atoms with van der Waals surface area (Å²) in [5.74, 6) is 0.579. The Morgan fingerprint density at radius 1 is 0.667 bits per heavy atom. The smallest absolute Gasteiger partial charge is 0.320 e. The Bertz CT molecular complexity index is 1150. The van der Waals surface area contributed by atoms with Crippen LogP contribution in [0.25, 0.3) is 22.8 Å². The maximum atomic E-state index is 10.7. The molecule has 42 heavy (non-hydrogen) atoms. The maximum Gasteiger partial charge on any atom is 0.320 e. The van der Waals surface area contributed by atoms with Crippen molar-refractivity contribution in [2.24, 2.45) is 0 Å². The quantitative estimate of drug-likeness (QED) is 0.150. The SMILES string of the molecule is CCCCOCC(O)COc1ccc(-c2nc(OC)nc(-c3ccc(OCC(O)COCCCC)cc3O)n2)c(O)c1. The van der Waals surface area contributed by atoms with Gasteiger partial charge in [0.15, 0.2) is 11.6 Å². The van der Waals surface area contributed by atoms with Gasteiger partial charge in [-0.05, 0) is 37.1 Å². The minimum absolute atomic E-state index is 0.000671. The van der Waals surface area contributed by atoms with Gasteiger partial charge in [-0.15, -0.1) is 0 Å². The van der Waals surface area contributed by atoms with E-state index in [1.54, 1.807) is 24.3 Å². The van der Waals surface area contributed by atoms with E-state index in [4.69, 9.17) is 23.7 Å². The van der Waals surface area contributed by atoms with E-state index >= 15 is 0 Å². The molecule has 12 nitrogen and oxygen atoms in total. The van der Waals surface area contributed by atoms with Gasteiger partial charge < -0.3 is 44.1 Å². The second-order valence-electron chi connectivity index (χ2n) is 9.61. The standard InChI is InChI=1S/C30H41N3O9/c1-4-6-12-39-16-20(34)18-41-22-8-10-24(26(36)14-22)28-31-29(33-30(32-28)38-3)25-11-9-23(15-27(25)37)42-19-21(35)17-40-13-7-5-2/h8-11,14-15,20-21,34-37H,4-7,12-13,16-19H2,1-3H3. The topological polar surface area (TPSA) is 166 Å². The lowest BCUT2D eigenvalue weighted by molar-refractivity contribution is 0.0113. The van der Waals surface area contributed by atoms with E-state index in [1.165, 1.54) is 19.2 Å². The van der Waals surface area contributed by atoms with Crippen LogP contribution < -0.4 is 14.2 Å². The fourth-order valence-corrected chi connectivity index (χ4v) is 3.68. The first-order chi connectivity index (χ1) is 20.3. The van der Waals surface area contributed by atoms with Gasteiger partial charge in [0.2, 0.25) is 0 Å². The van der Waals surface area contributed by atoms with Crippen molar-refractivity contribution < 1.29 is 44.1 Å². The highest BCUT2D eigenvalue weighted by Crippen LogP contribution is 2.35. The molecule has 0 aliphatic heterocycles. The van der Waals surface area contributed by atoms with Crippen LogP contribution in [-0.2, 0) is 9.47 Å². The molecule has 0 bridgehead atoms. The Morgan fingerprint density at radius 2 is 1.12 bits per heavy atom. The largest absolute Gasteiger partial charge is 0.507 e. The summed E-state index contributed by atoms with van der Waals surface area (Å²) in [5, 5.41) is 41.5. The molecule has 1 heterocycles. The molecule has 3 rings (SSSR count). The molecule has 2 atom stereocenters. The number of benzene rings is 2. The van der Waals surface area contributed by atoms with Gasteiger partial charge in [0.1, 0.15) is 48.4 Å². The first-order valence-corrected chi connectivity index (χ1v) is 14.1. The van der Waals surface area contributed by atoms with Gasteiger partial charge >= 0.3 is 6.01 Å². The normalized spacial score (nSPS) is 12.6. The van der Waals surface area contributed by atoms with Gasteiger partial charge in [-0.3, -0.25) is 0 Å². The molecule has 4 N–H and O–H groups in total. The molecule has 0 amide bonds. The second-order valence-corrected chi connectivity index (χ2v) is 9.61. The number of methoxy groups -OCH3 is 1. The Balaban J connectivity index is 1.69. The summed E-state index contributed by atoms with van der Waals surface area (Å²) < 4.78 is 27.2. The van der Waals surface area contributed by atoms with Crippen molar-refractivity contribution >= 4 is 0 Å². The van der Waals surface area contributed by atoms with Crippen LogP contribution in [0.5, 0.6) is 29.0 Å². The Hall–Kier alpha value is -3.71. The van der Waals surface area contributed by atoms with Gasteiger partial charge in [-0.2, -0.15) is 9.97 Å². The molecule has 0 aliphatic rings. The number of aliphatic hydroxyl groups is 2. The first kappa shape index (κ1) is 32.8. The molecule has 2 aromatic carbocycles. The molecule has 2 unspecified atom stereocenters. The van der Waals surface area contributed by atoms with Gasteiger partial charge in [0, 0.05) is 25.3 Å². The zero-order valence-electron chi connectivity index (χ0n) is 24.4. The van der Waals surface area contributed by atoms with E-state index < -0.39 is 12.2 Å². The number of hydrogen-bond donors (Lipinski definition) is 4. The number of aliphatic hydroxyl groups excluding tert-OH is 2. The second kappa shape index (κ2) is 17.3. The molecular weight excluding hydrogens is 546 g/mol. The van der Waals surface area contributed by atoms with E-state index in [2.05, 4.69) is 28.8 Å². The fraction of sp³-hybridized carbons (Fsp3) is 0.500. The summed E-state index contributed by atoms with van der Waals surface area (Å²) in [7, 11) is 1.39. The summed E-state index contributed by atoms with van der Waals surface area (Å²) in [4.78, 5) is 12.9. The Labute approximate surface area is 245 Å². The third-order valence-corrected chi connectivity index (χ3v) is 6.01. The monoisotopic (exact) mass is 587 g/mol. The van der Waals surface area contributed by atoms with Crippen LogP contribution in [0, 0.1) is 0 Å². The molecule has 230 valence electrons. The molecule has 0 saturated heterocycles. The molecule has 1 aromatic heterocycles. The van der Waals surface area contributed by atoms with Gasteiger partial charge in [-0.25, -0.2) is 4.98 Å². The van der Waals surface area contributed by atoms with Crippen LogP contribution in [-0.4, -0.2) is 94.3 Å². The van der Waals surface area contributed by atoms with Crippen molar-refractivity contribution in [1.29, 1.82) is 0 Å². The highest BCUT2D eigenvalue weighted by atomic mass is 16.5. The Kier molecular flexibility index (Phi) is 13.5. The molecule has 0 saturated carbocycles. The number of phenols is 2. The number of nitrogens with zero attached hydrogens (tertiary/aromatic N) is 3. The zero-order valence-corrected chi connectivity index (χ0v) is 24.4. The minimum atomic E-state index is -0.807. The van der Waals surface area contributed by atoms with Crippen molar-refractivity contribution in [3.63, 3.8) is 0 Å². The van der Waals surface area contributed by atoms with E-state index in [0.29, 0.717) is 24.7 Å². The van der Waals surface area contributed by atoms with Crippen molar-refractivity contribution in [3.8, 4) is 51.8 Å². The van der Waals surface area contributed by atoms with Crippen LogP contribution in [0.15, 0.2) is 36.4 Å². The number of rotatable bonds is 19. The molecular formula is C30H41N3O9. The number of phenolic OH excluding ortho intramolecular Hbond substituents is 2. The summed E-state index contributed by atoms with van der Waals surface area (Å²) in [6, 6.07) is 9.13. The van der Waals surface area contributed by atoms with Crippen LogP contribution in [0.1, 0.15) is 39.5 Å². The van der Waals surface area contributed by atoms with Gasteiger partial charge in [-0.1, -0.05) is 26.7 Å². The average Bonchev–Trinajstić information content (AvgIpc) is 2.99. The molecule has 0 spiro atoms. The minimum Gasteiger partial charge on any atom is -0.507 e. The maximum absolute atomic E-state index is 10.7. The highest BCUT2D eigenvalue weighted by Gasteiger charge is 2.18. The third kappa shape index (κ3) is 10.3. The number of hydrogen-bond acceptors (Lipinski definition) is 12. The lowest BCUT2D eigenvalue weighted by Gasteiger charge is -2.14. The summed E-state index contributed by atoms with van der Waals surface area (Å²) in [6.07, 6.45) is 2.25. The molecule has 12 heteroatoms. The van der Waals surface area contributed by atoms with E-state index in [-0.39, 0.29) is 66.7 Å². The predicted molar refractivity (Wildman–Crippen MR) is 155 cm³/mol. The van der Waals surface area contributed by atoms with Crippen LogP contribution >= 0.6 is 0 Å². The summed E-state index contributed by atoms with van der Waals surface area (Å²) in [6.45, 7) is 5.60. The van der Waals surface area contributed by atoms with E-state index in [9.17, 15) is 20.4 Å². The lowest BCUT2D eigenvalue weighted by Crippen LogP contribution is -2.23. The summed E-state index contributed by atoms with van der Waals surface area (Å²) in [5.41, 5.74) is 0.560.